The molecule has 0 saturated carbocycles. The Hall–Kier alpha value is -0.900. The molecule has 0 bridgehead atoms. The maximum absolute atomic E-state index is 11.2. The van der Waals surface area contributed by atoms with Gasteiger partial charge in [0, 0.05) is 19.4 Å². The summed E-state index contributed by atoms with van der Waals surface area (Å²) in [6.07, 6.45) is 3.15. The molecule has 0 unspecified atom stereocenters. The van der Waals surface area contributed by atoms with Crippen LogP contribution in [0, 0.1) is 0 Å². The molecule has 0 aliphatic carbocycles. The van der Waals surface area contributed by atoms with Crippen molar-refractivity contribution >= 4 is 11.8 Å². The highest BCUT2D eigenvalue weighted by molar-refractivity contribution is 5.78. The molecule has 0 atom stereocenters. The van der Waals surface area contributed by atoms with Crippen LogP contribution >= 0.6 is 0 Å². The van der Waals surface area contributed by atoms with E-state index in [1.807, 2.05) is 0 Å². The molecular formula is C11H21NO3. The summed E-state index contributed by atoms with van der Waals surface area (Å²) >= 11 is 0. The van der Waals surface area contributed by atoms with Gasteiger partial charge >= 0.3 is 5.97 Å². The highest BCUT2D eigenvalue weighted by Crippen LogP contribution is 1.97. The lowest BCUT2D eigenvalue weighted by molar-refractivity contribution is -0.142. The predicted molar refractivity (Wildman–Crippen MR) is 58.7 cm³/mol. The molecule has 0 aliphatic heterocycles. The number of nitrogens with one attached hydrogen (secondary N) is 1. The second-order valence-corrected chi connectivity index (χ2v) is 3.37. The molecule has 0 aromatic heterocycles. The van der Waals surface area contributed by atoms with E-state index in [9.17, 15) is 9.59 Å². The molecule has 0 heterocycles. The number of esters is 1. The minimum absolute atomic E-state index is 0.189. The van der Waals surface area contributed by atoms with Gasteiger partial charge in [-0.05, 0) is 13.3 Å². The minimum atomic E-state index is -0.265. The summed E-state index contributed by atoms with van der Waals surface area (Å²) in [6.45, 7) is 4.98. The highest BCUT2D eigenvalue weighted by Gasteiger charge is 2.03. The van der Waals surface area contributed by atoms with Gasteiger partial charge in [0.1, 0.15) is 5.78 Å². The maximum atomic E-state index is 11.2. The fraction of sp³-hybridized carbons (Fsp3) is 0.818. The first-order chi connectivity index (χ1) is 7.20. The summed E-state index contributed by atoms with van der Waals surface area (Å²) in [6, 6.07) is 0. The largest absolute Gasteiger partial charge is 0.465 e. The molecular weight excluding hydrogens is 194 g/mol. The molecule has 88 valence electrons. The van der Waals surface area contributed by atoms with Gasteiger partial charge in [0.25, 0.3) is 0 Å². The van der Waals surface area contributed by atoms with Gasteiger partial charge in [0.05, 0.1) is 13.2 Å². The van der Waals surface area contributed by atoms with Gasteiger partial charge in [-0.25, -0.2) is 0 Å². The molecule has 15 heavy (non-hydrogen) atoms. The Bertz CT molecular complexity index is 192. The van der Waals surface area contributed by atoms with Crippen molar-refractivity contribution in [1.82, 2.24) is 5.32 Å². The van der Waals surface area contributed by atoms with Gasteiger partial charge in [-0.2, -0.15) is 0 Å². The Labute approximate surface area is 91.4 Å². The third-order valence-electron chi connectivity index (χ3n) is 1.96. The van der Waals surface area contributed by atoms with E-state index in [4.69, 9.17) is 4.74 Å². The lowest BCUT2D eigenvalue weighted by Crippen LogP contribution is -2.26. The van der Waals surface area contributed by atoms with E-state index >= 15 is 0 Å². The molecule has 0 fully saturated rings. The first-order valence-corrected chi connectivity index (χ1v) is 5.58. The van der Waals surface area contributed by atoms with Crippen molar-refractivity contribution in [3.63, 3.8) is 0 Å². The number of hydrogen-bond donors (Lipinski definition) is 1. The van der Waals surface area contributed by atoms with Gasteiger partial charge in [0.15, 0.2) is 0 Å². The van der Waals surface area contributed by atoms with Crippen LogP contribution in [-0.2, 0) is 14.3 Å². The van der Waals surface area contributed by atoms with Gasteiger partial charge in [0.2, 0.25) is 0 Å². The van der Waals surface area contributed by atoms with E-state index in [0.29, 0.717) is 26.0 Å². The quantitative estimate of drug-likeness (QED) is 0.465. The first-order valence-electron chi connectivity index (χ1n) is 5.58. The van der Waals surface area contributed by atoms with E-state index in [0.717, 1.165) is 12.8 Å². The van der Waals surface area contributed by atoms with Crippen LogP contribution in [0.2, 0.25) is 0 Å². The van der Waals surface area contributed by atoms with Crippen molar-refractivity contribution in [2.75, 3.05) is 19.7 Å². The van der Waals surface area contributed by atoms with Gasteiger partial charge in [-0.3, -0.25) is 9.59 Å². The molecule has 0 radical (unpaired) electrons. The Kier molecular flexibility index (Phi) is 9.07. The van der Waals surface area contributed by atoms with Crippen molar-refractivity contribution in [2.24, 2.45) is 0 Å². The van der Waals surface area contributed by atoms with Crippen LogP contribution in [0.5, 0.6) is 0 Å². The van der Waals surface area contributed by atoms with Gasteiger partial charge in [-0.15, -0.1) is 0 Å². The lowest BCUT2D eigenvalue weighted by Gasteiger charge is -2.03. The SMILES string of the molecule is CCCCC(=O)CCNCC(=O)OCC. The zero-order valence-corrected chi connectivity index (χ0v) is 9.67. The number of Topliss-reactive ketones (excluding diaryl/α,β-unsaturated/α-hetero) is 1. The normalized spacial score (nSPS) is 10.0. The third kappa shape index (κ3) is 9.41. The molecule has 4 nitrogen and oxygen atoms in total. The Morgan fingerprint density at radius 3 is 2.53 bits per heavy atom. The van der Waals surface area contributed by atoms with Crippen LogP contribution in [-0.4, -0.2) is 31.4 Å². The van der Waals surface area contributed by atoms with Crippen LogP contribution < -0.4 is 5.32 Å². The van der Waals surface area contributed by atoms with E-state index in [1.165, 1.54) is 0 Å². The number of carbonyl (C=O) groups is 2. The van der Waals surface area contributed by atoms with Crippen LogP contribution in [0.4, 0.5) is 0 Å². The molecule has 0 aliphatic rings. The topological polar surface area (TPSA) is 55.4 Å². The summed E-state index contributed by atoms with van der Waals surface area (Å²) in [4.78, 5) is 22.1. The smallest absolute Gasteiger partial charge is 0.319 e. The predicted octanol–water partition coefficient (Wildman–Crippen LogP) is 1.29. The fourth-order valence-corrected chi connectivity index (χ4v) is 1.13. The molecule has 0 spiro atoms. The molecule has 0 saturated heterocycles. The summed E-state index contributed by atoms with van der Waals surface area (Å²) in [5.74, 6) is -0.00767. The summed E-state index contributed by atoms with van der Waals surface area (Å²) in [5.41, 5.74) is 0. The van der Waals surface area contributed by atoms with Crippen LogP contribution in [0.15, 0.2) is 0 Å². The zero-order chi connectivity index (χ0) is 11.5. The van der Waals surface area contributed by atoms with Gasteiger partial charge in [-0.1, -0.05) is 13.3 Å². The molecule has 0 aromatic rings. The van der Waals surface area contributed by atoms with Crippen molar-refractivity contribution < 1.29 is 14.3 Å². The average molecular weight is 215 g/mol. The Balaban J connectivity index is 3.30. The molecule has 1 N–H and O–H groups in total. The van der Waals surface area contributed by atoms with E-state index in [-0.39, 0.29) is 18.3 Å². The summed E-state index contributed by atoms with van der Waals surface area (Å²) < 4.78 is 4.73. The maximum Gasteiger partial charge on any atom is 0.319 e. The number of unbranched alkanes of at least 4 members (excludes halogenated alkanes) is 1. The second-order valence-electron chi connectivity index (χ2n) is 3.37. The minimum Gasteiger partial charge on any atom is -0.465 e. The number of hydrogen-bond acceptors (Lipinski definition) is 4. The van der Waals surface area contributed by atoms with Crippen molar-refractivity contribution in [3.8, 4) is 0 Å². The van der Waals surface area contributed by atoms with Gasteiger partial charge < -0.3 is 10.1 Å². The molecule has 0 amide bonds. The van der Waals surface area contributed by atoms with Crippen molar-refractivity contribution in [3.05, 3.63) is 0 Å². The monoisotopic (exact) mass is 215 g/mol. The number of rotatable bonds is 9. The lowest BCUT2D eigenvalue weighted by atomic mass is 10.1. The zero-order valence-electron chi connectivity index (χ0n) is 9.67. The van der Waals surface area contributed by atoms with Crippen LogP contribution in [0.1, 0.15) is 39.5 Å². The highest BCUT2D eigenvalue weighted by atomic mass is 16.5. The standard InChI is InChI=1S/C11H21NO3/c1-3-5-6-10(13)7-8-12-9-11(14)15-4-2/h12H,3-9H2,1-2H3. The first kappa shape index (κ1) is 14.1. The summed E-state index contributed by atoms with van der Waals surface area (Å²) in [5, 5.41) is 2.88. The Morgan fingerprint density at radius 1 is 1.20 bits per heavy atom. The average Bonchev–Trinajstić information content (AvgIpc) is 2.22. The van der Waals surface area contributed by atoms with Crippen molar-refractivity contribution in [1.29, 1.82) is 0 Å². The number of ketones is 1. The van der Waals surface area contributed by atoms with E-state index in [1.54, 1.807) is 6.92 Å². The molecule has 0 aromatic carbocycles. The summed E-state index contributed by atoms with van der Waals surface area (Å²) in [7, 11) is 0. The third-order valence-corrected chi connectivity index (χ3v) is 1.96. The molecule has 0 rings (SSSR count). The van der Waals surface area contributed by atoms with Crippen LogP contribution in [0.3, 0.4) is 0 Å². The van der Waals surface area contributed by atoms with E-state index in [2.05, 4.69) is 12.2 Å². The number of ether oxygens (including phenoxy) is 1. The Morgan fingerprint density at radius 2 is 1.93 bits per heavy atom. The van der Waals surface area contributed by atoms with Crippen LogP contribution in [0.25, 0.3) is 0 Å². The fourth-order valence-electron chi connectivity index (χ4n) is 1.13. The molecule has 4 heteroatoms. The second kappa shape index (κ2) is 9.65. The van der Waals surface area contributed by atoms with Crippen molar-refractivity contribution in [2.45, 2.75) is 39.5 Å². The van der Waals surface area contributed by atoms with E-state index < -0.39 is 0 Å². The number of carbonyl (C=O) groups excluding carboxylic acids is 2.